The van der Waals surface area contributed by atoms with E-state index in [0.29, 0.717) is 31.1 Å². The molecule has 0 aliphatic rings. The predicted octanol–water partition coefficient (Wildman–Crippen LogP) is 5.86. The smallest absolute Gasteiger partial charge is 0.337 e. The van der Waals surface area contributed by atoms with Gasteiger partial charge in [-0.3, -0.25) is 10.1 Å². The Morgan fingerprint density at radius 3 is 2.67 bits per heavy atom. The summed E-state index contributed by atoms with van der Waals surface area (Å²) in [6, 6.07) is 10.3. The third-order valence-corrected chi connectivity index (χ3v) is 6.65. The Morgan fingerprint density at radius 2 is 1.89 bits per heavy atom. The van der Waals surface area contributed by atoms with E-state index in [1.54, 1.807) is 36.4 Å². The molecule has 0 saturated heterocycles. The first-order valence-corrected chi connectivity index (χ1v) is 10.0. The third-order valence-electron chi connectivity index (χ3n) is 3.83. The Bertz CT molecular complexity index is 1220. The van der Waals surface area contributed by atoms with E-state index in [1.165, 1.54) is 29.8 Å². The molecule has 0 spiro atoms. The van der Waals surface area contributed by atoms with Gasteiger partial charge in [0.1, 0.15) is 4.88 Å². The molecule has 2 heterocycles. The monoisotopic (exact) mass is 436 g/mol. The molecule has 27 heavy (non-hydrogen) atoms. The topological polar surface area (TPSA) is 68.3 Å². The fourth-order valence-electron chi connectivity index (χ4n) is 2.56. The van der Waals surface area contributed by atoms with Crippen molar-refractivity contribution >= 4 is 83.2 Å². The molecule has 0 aliphatic carbocycles. The van der Waals surface area contributed by atoms with Crippen LogP contribution in [0, 0.1) is 0 Å². The molecule has 5 nitrogen and oxygen atoms in total. The number of thiophene rings is 1. The van der Waals surface area contributed by atoms with Gasteiger partial charge in [-0.05, 0) is 30.3 Å². The molecular formula is C18H10Cl2N2O3S2. The maximum atomic E-state index is 12.7. The number of aromatic nitrogens is 1. The van der Waals surface area contributed by atoms with Gasteiger partial charge in [0.05, 0.1) is 27.9 Å². The van der Waals surface area contributed by atoms with E-state index < -0.39 is 5.97 Å². The highest BCUT2D eigenvalue weighted by Gasteiger charge is 2.19. The molecule has 0 aliphatic heterocycles. The lowest BCUT2D eigenvalue weighted by Gasteiger charge is -1.98. The van der Waals surface area contributed by atoms with E-state index in [9.17, 15) is 9.59 Å². The van der Waals surface area contributed by atoms with E-state index in [1.807, 2.05) is 0 Å². The molecule has 136 valence electrons. The second-order valence-electron chi connectivity index (χ2n) is 5.53. The van der Waals surface area contributed by atoms with Crippen LogP contribution in [0.5, 0.6) is 0 Å². The van der Waals surface area contributed by atoms with E-state index in [0.717, 1.165) is 14.8 Å². The van der Waals surface area contributed by atoms with Gasteiger partial charge in [-0.2, -0.15) is 0 Å². The quantitative estimate of drug-likeness (QED) is 0.408. The van der Waals surface area contributed by atoms with E-state index in [2.05, 4.69) is 10.3 Å². The van der Waals surface area contributed by atoms with Crippen LogP contribution in [-0.4, -0.2) is 24.0 Å². The number of nitrogens with one attached hydrogen (secondary N) is 1. The van der Waals surface area contributed by atoms with Gasteiger partial charge in [-0.25, -0.2) is 9.78 Å². The van der Waals surface area contributed by atoms with Crippen LogP contribution < -0.4 is 5.32 Å². The highest BCUT2D eigenvalue weighted by Crippen LogP contribution is 2.37. The number of carbonyl (C=O) groups excluding carboxylic acids is 2. The zero-order valence-corrected chi connectivity index (χ0v) is 16.9. The van der Waals surface area contributed by atoms with Crippen LogP contribution in [0.4, 0.5) is 5.13 Å². The van der Waals surface area contributed by atoms with E-state index >= 15 is 0 Å². The molecule has 4 aromatic rings. The van der Waals surface area contributed by atoms with Crippen molar-refractivity contribution in [2.24, 2.45) is 0 Å². The summed E-state index contributed by atoms with van der Waals surface area (Å²) in [6.45, 7) is 0. The summed E-state index contributed by atoms with van der Waals surface area (Å²) < 4.78 is 6.32. The molecule has 0 unspecified atom stereocenters. The largest absolute Gasteiger partial charge is 0.465 e. The molecule has 2 aromatic carbocycles. The number of esters is 1. The Kier molecular flexibility index (Phi) is 4.77. The number of carbonyl (C=O) groups is 2. The van der Waals surface area contributed by atoms with Crippen molar-refractivity contribution < 1.29 is 14.3 Å². The number of amides is 1. The van der Waals surface area contributed by atoms with Crippen molar-refractivity contribution in [2.45, 2.75) is 0 Å². The van der Waals surface area contributed by atoms with Crippen molar-refractivity contribution in [3.63, 3.8) is 0 Å². The second kappa shape index (κ2) is 7.09. The van der Waals surface area contributed by atoms with Crippen LogP contribution in [0.15, 0.2) is 36.4 Å². The van der Waals surface area contributed by atoms with Crippen LogP contribution in [0.1, 0.15) is 20.0 Å². The first kappa shape index (κ1) is 18.2. The molecule has 1 N–H and O–H groups in total. The zero-order chi connectivity index (χ0) is 19.1. The van der Waals surface area contributed by atoms with Gasteiger partial charge in [0, 0.05) is 15.1 Å². The van der Waals surface area contributed by atoms with Gasteiger partial charge < -0.3 is 4.74 Å². The lowest BCUT2D eigenvalue weighted by Crippen LogP contribution is -2.10. The summed E-state index contributed by atoms with van der Waals surface area (Å²) >= 11 is 14.9. The molecule has 9 heteroatoms. The SMILES string of the molecule is COC(=O)c1ccc2nc(NC(=O)c3sc4cc(Cl)ccc4c3Cl)sc2c1. The number of halogens is 2. The Labute approximate surface area is 171 Å². The molecule has 0 atom stereocenters. The van der Waals surface area contributed by atoms with Gasteiger partial charge in [-0.1, -0.05) is 40.6 Å². The van der Waals surface area contributed by atoms with Crippen molar-refractivity contribution in [3.8, 4) is 0 Å². The molecule has 0 radical (unpaired) electrons. The summed E-state index contributed by atoms with van der Waals surface area (Å²) in [4.78, 5) is 29.1. The number of ether oxygens (including phenoxy) is 1. The van der Waals surface area contributed by atoms with E-state index in [-0.39, 0.29) is 5.91 Å². The van der Waals surface area contributed by atoms with Crippen molar-refractivity contribution in [3.05, 3.63) is 56.9 Å². The Morgan fingerprint density at radius 1 is 1.07 bits per heavy atom. The number of hydrogen-bond donors (Lipinski definition) is 1. The third kappa shape index (κ3) is 3.39. The van der Waals surface area contributed by atoms with Crippen LogP contribution in [0.25, 0.3) is 20.3 Å². The van der Waals surface area contributed by atoms with Crippen molar-refractivity contribution in [1.82, 2.24) is 4.98 Å². The second-order valence-corrected chi connectivity index (χ2v) is 8.43. The fraction of sp³-hybridized carbons (Fsp3) is 0.0556. The minimum absolute atomic E-state index is 0.343. The summed E-state index contributed by atoms with van der Waals surface area (Å²) in [5.41, 5.74) is 1.10. The van der Waals surface area contributed by atoms with Crippen LogP contribution in [0.2, 0.25) is 10.0 Å². The molecule has 4 rings (SSSR count). The summed E-state index contributed by atoms with van der Waals surface area (Å²) in [6.07, 6.45) is 0. The average Bonchev–Trinajstić information content (AvgIpc) is 3.20. The maximum Gasteiger partial charge on any atom is 0.337 e. The number of rotatable bonds is 3. The molecule has 0 bridgehead atoms. The van der Waals surface area contributed by atoms with E-state index in [4.69, 9.17) is 27.9 Å². The fourth-order valence-corrected chi connectivity index (χ4v) is 5.15. The lowest BCUT2D eigenvalue weighted by molar-refractivity contribution is 0.0601. The van der Waals surface area contributed by atoms with Crippen molar-refractivity contribution in [2.75, 3.05) is 12.4 Å². The van der Waals surface area contributed by atoms with Gasteiger partial charge in [0.15, 0.2) is 5.13 Å². The first-order valence-electron chi connectivity index (χ1n) is 7.64. The Balaban J connectivity index is 1.64. The molecular weight excluding hydrogens is 427 g/mol. The van der Waals surface area contributed by atoms with Gasteiger partial charge in [0.2, 0.25) is 0 Å². The number of hydrogen-bond acceptors (Lipinski definition) is 6. The lowest BCUT2D eigenvalue weighted by atomic mass is 10.2. The molecule has 0 saturated carbocycles. The van der Waals surface area contributed by atoms with Gasteiger partial charge in [-0.15, -0.1) is 11.3 Å². The zero-order valence-electron chi connectivity index (χ0n) is 13.7. The molecule has 0 fully saturated rings. The van der Waals surface area contributed by atoms with Crippen LogP contribution in [-0.2, 0) is 4.74 Å². The summed E-state index contributed by atoms with van der Waals surface area (Å²) in [5, 5.41) is 4.94. The van der Waals surface area contributed by atoms with Crippen LogP contribution in [0.3, 0.4) is 0 Å². The minimum atomic E-state index is -0.424. The van der Waals surface area contributed by atoms with Gasteiger partial charge >= 0.3 is 5.97 Å². The van der Waals surface area contributed by atoms with Crippen LogP contribution >= 0.6 is 45.9 Å². The summed E-state index contributed by atoms with van der Waals surface area (Å²) in [5.74, 6) is -0.767. The molecule has 1 amide bonds. The first-order chi connectivity index (χ1) is 13.0. The summed E-state index contributed by atoms with van der Waals surface area (Å²) in [7, 11) is 1.33. The van der Waals surface area contributed by atoms with Gasteiger partial charge in [0.25, 0.3) is 5.91 Å². The predicted molar refractivity (Wildman–Crippen MR) is 111 cm³/mol. The number of thiazole rings is 1. The highest BCUT2D eigenvalue weighted by molar-refractivity contribution is 7.23. The average molecular weight is 437 g/mol. The number of anilines is 1. The highest BCUT2D eigenvalue weighted by atomic mass is 35.5. The standard InChI is InChI=1S/C18H10Cl2N2O3S2/c1-25-17(24)8-2-5-11-13(6-8)27-18(21-11)22-16(23)15-14(20)10-4-3-9(19)7-12(10)26-15/h2-7H,1H3,(H,21,22,23). The maximum absolute atomic E-state index is 12.7. The number of methoxy groups -OCH3 is 1. The Hall–Kier alpha value is -2.19. The number of benzene rings is 2. The number of fused-ring (bicyclic) bond motifs is 2. The van der Waals surface area contributed by atoms with Crippen molar-refractivity contribution in [1.29, 1.82) is 0 Å². The normalized spacial score (nSPS) is 11.1. The number of nitrogens with zero attached hydrogens (tertiary/aromatic N) is 1. The molecule has 2 aromatic heterocycles. The minimum Gasteiger partial charge on any atom is -0.465 e.